The molecule has 3 N–H and O–H groups in total. The van der Waals surface area contributed by atoms with Crippen LogP contribution >= 0.6 is 11.3 Å². The van der Waals surface area contributed by atoms with Gasteiger partial charge in [0.25, 0.3) is 15.9 Å². The Hall–Kier alpha value is -2.43. The molecule has 1 fully saturated rings. The molecule has 2 amide bonds. The Kier molecular flexibility index (Phi) is 8.27. The Morgan fingerprint density at radius 3 is 2.47 bits per heavy atom. The van der Waals surface area contributed by atoms with Crippen LogP contribution < -0.4 is 15.4 Å². The first-order valence-corrected chi connectivity index (χ1v) is 13.1. The molecule has 1 aromatic carbocycles. The highest BCUT2D eigenvalue weighted by Crippen LogP contribution is 2.25. The number of likely N-dealkylation sites (tertiary alicyclic amines) is 1. The van der Waals surface area contributed by atoms with E-state index < -0.39 is 10.0 Å². The summed E-state index contributed by atoms with van der Waals surface area (Å²) in [5.41, 5.74) is 1.47. The standard InChI is InChI=1S/C22H30N4O4S2/c1-3-11-23-20(27)15-26-12-8-17(9-13-26)24-22(28)21-19(10-14-31-21)32(29,30)25-18-6-4-16(2)5-7-18/h4-7,10,14,17,25H,3,8-9,11-13,15H2,1-2H3,(H,23,27)(H,24,28). The molecule has 1 saturated heterocycles. The van der Waals surface area contributed by atoms with Gasteiger partial charge in [-0.1, -0.05) is 24.6 Å². The van der Waals surface area contributed by atoms with E-state index in [0.717, 1.165) is 23.3 Å². The summed E-state index contributed by atoms with van der Waals surface area (Å²) >= 11 is 1.11. The number of hydrogen-bond donors (Lipinski definition) is 3. The molecule has 8 nitrogen and oxygen atoms in total. The number of carbonyl (C=O) groups excluding carboxylic acids is 2. The fourth-order valence-electron chi connectivity index (χ4n) is 3.52. The Bertz CT molecular complexity index is 1030. The maximum Gasteiger partial charge on any atom is 0.263 e. The number of thiophene rings is 1. The zero-order valence-electron chi connectivity index (χ0n) is 18.4. The molecule has 0 aliphatic carbocycles. The van der Waals surface area contributed by atoms with E-state index in [1.807, 2.05) is 26.0 Å². The third-order valence-electron chi connectivity index (χ3n) is 5.29. The molecule has 1 aliphatic heterocycles. The Morgan fingerprint density at radius 2 is 1.81 bits per heavy atom. The van der Waals surface area contributed by atoms with Gasteiger partial charge in [-0.15, -0.1) is 11.3 Å². The minimum Gasteiger partial charge on any atom is -0.355 e. The van der Waals surface area contributed by atoms with Crippen molar-refractivity contribution in [2.75, 3.05) is 30.9 Å². The van der Waals surface area contributed by atoms with E-state index in [1.54, 1.807) is 17.5 Å². The normalized spacial score (nSPS) is 15.3. The van der Waals surface area contributed by atoms with E-state index in [1.165, 1.54) is 6.07 Å². The highest BCUT2D eigenvalue weighted by molar-refractivity contribution is 7.93. The fraction of sp³-hybridized carbons (Fsp3) is 0.455. The largest absolute Gasteiger partial charge is 0.355 e. The number of benzene rings is 1. The lowest BCUT2D eigenvalue weighted by atomic mass is 10.0. The lowest BCUT2D eigenvalue weighted by molar-refractivity contribution is -0.122. The molecule has 0 unspecified atom stereocenters. The number of piperidine rings is 1. The van der Waals surface area contributed by atoms with E-state index in [-0.39, 0.29) is 27.6 Å². The highest BCUT2D eigenvalue weighted by Gasteiger charge is 2.27. The first-order valence-electron chi connectivity index (χ1n) is 10.8. The summed E-state index contributed by atoms with van der Waals surface area (Å²) in [7, 11) is -3.88. The number of anilines is 1. The van der Waals surface area contributed by atoms with Crippen LogP contribution in [0.4, 0.5) is 5.69 Å². The quantitative estimate of drug-likeness (QED) is 0.513. The van der Waals surface area contributed by atoms with Crippen LogP contribution in [0.2, 0.25) is 0 Å². The van der Waals surface area contributed by atoms with Gasteiger partial charge in [0.1, 0.15) is 9.77 Å². The van der Waals surface area contributed by atoms with Gasteiger partial charge < -0.3 is 10.6 Å². The minimum atomic E-state index is -3.88. The van der Waals surface area contributed by atoms with Crippen molar-refractivity contribution in [1.82, 2.24) is 15.5 Å². The van der Waals surface area contributed by atoms with Crippen LogP contribution in [0.1, 0.15) is 41.4 Å². The summed E-state index contributed by atoms with van der Waals surface area (Å²) < 4.78 is 28.3. The summed E-state index contributed by atoms with van der Waals surface area (Å²) in [6.45, 7) is 6.38. The summed E-state index contributed by atoms with van der Waals surface area (Å²) in [6, 6.07) is 8.41. The van der Waals surface area contributed by atoms with Gasteiger partial charge in [0.2, 0.25) is 5.91 Å². The molecule has 0 radical (unpaired) electrons. The topological polar surface area (TPSA) is 108 Å². The van der Waals surface area contributed by atoms with Crippen molar-refractivity contribution in [3.63, 3.8) is 0 Å². The summed E-state index contributed by atoms with van der Waals surface area (Å²) in [6.07, 6.45) is 2.32. The van der Waals surface area contributed by atoms with E-state index in [0.29, 0.717) is 44.7 Å². The molecule has 174 valence electrons. The summed E-state index contributed by atoms with van der Waals surface area (Å²) in [5.74, 6) is -0.368. The van der Waals surface area contributed by atoms with Crippen LogP contribution in [0.5, 0.6) is 0 Å². The molecule has 3 rings (SSSR count). The first-order chi connectivity index (χ1) is 15.3. The second-order valence-electron chi connectivity index (χ2n) is 7.96. The molecule has 32 heavy (non-hydrogen) atoms. The lowest BCUT2D eigenvalue weighted by Gasteiger charge is -2.31. The van der Waals surface area contributed by atoms with Crippen molar-refractivity contribution < 1.29 is 18.0 Å². The Labute approximate surface area is 193 Å². The van der Waals surface area contributed by atoms with Gasteiger partial charge in [-0.2, -0.15) is 0 Å². The lowest BCUT2D eigenvalue weighted by Crippen LogP contribution is -2.47. The molecule has 2 heterocycles. The van der Waals surface area contributed by atoms with Crippen LogP contribution in [-0.2, 0) is 14.8 Å². The molecule has 1 aliphatic rings. The van der Waals surface area contributed by atoms with Crippen LogP contribution in [-0.4, -0.2) is 57.4 Å². The number of nitrogens with one attached hydrogen (secondary N) is 3. The molecule has 10 heteroatoms. The predicted molar refractivity (Wildman–Crippen MR) is 127 cm³/mol. The van der Waals surface area contributed by atoms with Crippen LogP contribution in [0.3, 0.4) is 0 Å². The van der Waals surface area contributed by atoms with Crippen LogP contribution in [0, 0.1) is 6.92 Å². The van der Waals surface area contributed by atoms with Crippen molar-refractivity contribution in [2.24, 2.45) is 0 Å². The maximum absolute atomic E-state index is 12.9. The first kappa shape index (κ1) is 24.2. The SMILES string of the molecule is CCCNC(=O)CN1CCC(NC(=O)c2sccc2S(=O)(=O)Nc2ccc(C)cc2)CC1. The molecular weight excluding hydrogens is 448 g/mol. The summed E-state index contributed by atoms with van der Waals surface area (Å²) in [4.78, 5) is 26.9. The van der Waals surface area contributed by atoms with Gasteiger partial charge in [0, 0.05) is 31.4 Å². The number of sulfonamides is 1. The average molecular weight is 479 g/mol. The molecule has 2 aromatic rings. The predicted octanol–water partition coefficient (Wildman–Crippen LogP) is 2.58. The molecular formula is C22H30N4O4S2. The van der Waals surface area contributed by atoms with Crippen molar-refractivity contribution >= 4 is 38.9 Å². The van der Waals surface area contributed by atoms with E-state index in [9.17, 15) is 18.0 Å². The molecule has 0 saturated carbocycles. The zero-order chi connectivity index (χ0) is 23.1. The maximum atomic E-state index is 12.9. The van der Waals surface area contributed by atoms with E-state index in [2.05, 4.69) is 20.3 Å². The number of hydrogen-bond acceptors (Lipinski definition) is 6. The van der Waals surface area contributed by atoms with Crippen molar-refractivity contribution in [2.45, 2.75) is 44.0 Å². The summed E-state index contributed by atoms with van der Waals surface area (Å²) in [5, 5.41) is 7.44. The Balaban J connectivity index is 1.56. The fourth-order valence-corrected chi connectivity index (χ4v) is 5.91. The van der Waals surface area contributed by atoms with Gasteiger partial charge in [-0.05, 0) is 49.8 Å². The van der Waals surface area contributed by atoms with Crippen molar-refractivity contribution in [1.29, 1.82) is 0 Å². The zero-order valence-corrected chi connectivity index (χ0v) is 20.0. The van der Waals surface area contributed by atoms with Gasteiger partial charge in [0.15, 0.2) is 0 Å². The van der Waals surface area contributed by atoms with Crippen LogP contribution in [0.25, 0.3) is 0 Å². The van der Waals surface area contributed by atoms with E-state index >= 15 is 0 Å². The number of carbonyl (C=O) groups is 2. The monoisotopic (exact) mass is 478 g/mol. The van der Waals surface area contributed by atoms with Gasteiger partial charge >= 0.3 is 0 Å². The molecule has 0 spiro atoms. The number of aryl methyl sites for hydroxylation is 1. The van der Waals surface area contributed by atoms with E-state index in [4.69, 9.17) is 0 Å². The van der Waals surface area contributed by atoms with Crippen molar-refractivity contribution in [3.05, 3.63) is 46.2 Å². The number of amides is 2. The number of nitrogens with zero attached hydrogens (tertiary/aromatic N) is 1. The van der Waals surface area contributed by atoms with Gasteiger partial charge in [0.05, 0.1) is 6.54 Å². The Morgan fingerprint density at radius 1 is 1.12 bits per heavy atom. The average Bonchev–Trinajstić information content (AvgIpc) is 3.26. The highest BCUT2D eigenvalue weighted by atomic mass is 32.2. The smallest absolute Gasteiger partial charge is 0.263 e. The van der Waals surface area contributed by atoms with Crippen LogP contribution in [0.15, 0.2) is 40.6 Å². The molecule has 0 bridgehead atoms. The van der Waals surface area contributed by atoms with Gasteiger partial charge in [-0.25, -0.2) is 8.42 Å². The molecule has 0 atom stereocenters. The second-order valence-corrected chi connectivity index (χ2v) is 10.5. The number of rotatable bonds is 9. The minimum absolute atomic E-state index is 0.0175. The second kappa shape index (κ2) is 10.9. The van der Waals surface area contributed by atoms with Crippen molar-refractivity contribution in [3.8, 4) is 0 Å². The third kappa shape index (κ3) is 6.54. The van der Waals surface area contributed by atoms with Gasteiger partial charge in [-0.3, -0.25) is 19.2 Å². The molecule has 1 aromatic heterocycles. The third-order valence-corrected chi connectivity index (χ3v) is 7.76.